The average Bonchev–Trinajstić information content (AvgIpc) is 3.40. The number of carbonyl (C=O) groups excluding carboxylic acids is 1. The molecule has 3 heterocycles. The van der Waals surface area contributed by atoms with Gasteiger partial charge in [-0.15, -0.1) is 5.10 Å². The van der Waals surface area contributed by atoms with Gasteiger partial charge in [0.15, 0.2) is 5.82 Å². The minimum Gasteiger partial charge on any atom is -0.459 e. The van der Waals surface area contributed by atoms with Gasteiger partial charge in [0.1, 0.15) is 17.4 Å². The van der Waals surface area contributed by atoms with Crippen LogP contribution in [0.5, 0.6) is 0 Å². The summed E-state index contributed by atoms with van der Waals surface area (Å²) in [7, 11) is 0. The molecule has 2 aromatic heterocycles. The van der Waals surface area contributed by atoms with Crippen molar-refractivity contribution in [3.63, 3.8) is 0 Å². The summed E-state index contributed by atoms with van der Waals surface area (Å²) < 4.78 is 13.2. The summed E-state index contributed by atoms with van der Waals surface area (Å²) in [6.45, 7) is 7.66. The van der Waals surface area contributed by atoms with Crippen molar-refractivity contribution in [2.75, 3.05) is 32.8 Å². The fourth-order valence-electron chi connectivity index (χ4n) is 3.86. The molecule has 1 aromatic carbocycles. The number of hydrogen-bond acceptors (Lipinski definition) is 7. The molecule has 160 valence electrons. The number of unbranched alkanes of at least 4 members (excludes halogenated alkanes) is 1. The van der Waals surface area contributed by atoms with Crippen molar-refractivity contribution in [2.24, 2.45) is 0 Å². The zero-order valence-corrected chi connectivity index (χ0v) is 17.5. The highest BCUT2D eigenvalue weighted by Crippen LogP contribution is 2.32. The third-order valence-electron chi connectivity index (χ3n) is 5.45. The number of para-hydroxylation sites is 1. The van der Waals surface area contributed by atoms with Crippen molar-refractivity contribution < 1.29 is 13.9 Å². The molecule has 1 fully saturated rings. The Balaban J connectivity index is 1.63. The second-order valence-electron chi connectivity index (χ2n) is 7.42. The fraction of sp³-hybridized carbons (Fsp3) is 0.524. The third-order valence-corrected chi connectivity index (χ3v) is 5.45. The molecule has 0 spiro atoms. The number of ether oxygens (including phenoxy) is 1. The molecule has 1 unspecified atom stereocenters. The van der Waals surface area contributed by atoms with Gasteiger partial charge in [0.05, 0.1) is 6.61 Å². The van der Waals surface area contributed by atoms with Crippen molar-refractivity contribution in [1.29, 1.82) is 0 Å². The lowest BCUT2D eigenvalue weighted by molar-refractivity contribution is 0.0667. The molecule has 4 rings (SSSR count). The highest BCUT2D eigenvalue weighted by molar-refractivity contribution is 5.77. The first kappa shape index (κ1) is 20.3. The summed E-state index contributed by atoms with van der Waals surface area (Å²) in [5, 5.41) is 13.6. The molecule has 0 radical (unpaired) electrons. The summed E-state index contributed by atoms with van der Waals surface area (Å²) in [5.74, 6) is 1.58. The van der Waals surface area contributed by atoms with Crippen LogP contribution >= 0.6 is 0 Å². The molecule has 30 heavy (non-hydrogen) atoms. The van der Waals surface area contributed by atoms with Crippen molar-refractivity contribution in [3.8, 4) is 0 Å². The molecule has 3 aromatic rings. The molecule has 1 amide bonds. The van der Waals surface area contributed by atoms with Crippen molar-refractivity contribution >= 4 is 17.1 Å². The van der Waals surface area contributed by atoms with E-state index in [1.165, 1.54) is 0 Å². The lowest BCUT2D eigenvalue weighted by Crippen LogP contribution is -2.50. The number of carbonyl (C=O) groups is 1. The van der Waals surface area contributed by atoms with E-state index in [1.807, 2.05) is 35.9 Å². The van der Waals surface area contributed by atoms with E-state index in [9.17, 15) is 4.79 Å². The number of fused-ring (bicyclic) bond motifs is 1. The van der Waals surface area contributed by atoms with Crippen LogP contribution in [0.15, 0.2) is 34.7 Å². The highest BCUT2D eigenvalue weighted by atomic mass is 16.6. The maximum atomic E-state index is 12.1. The Kier molecular flexibility index (Phi) is 6.27. The van der Waals surface area contributed by atoms with Gasteiger partial charge in [0.2, 0.25) is 0 Å². The van der Waals surface area contributed by atoms with Crippen LogP contribution in [0.1, 0.15) is 44.3 Å². The zero-order chi connectivity index (χ0) is 20.9. The molecule has 1 aliphatic heterocycles. The van der Waals surface area contributed by atoms with E-state index in [-0.39, 0.29) is 12.1 Å². The van der Waals surface area contributed by atoms with Crippen LogP contribution in [0.25, 0.3) is 11.0 Å². The first-order valence-corrected chi connectivity index (χ1v) is 10.6. The standard InChI is InChI=1S/C21H28N6O3/c1-3-5-10-27-20(22-23-24-27)19(18-15-16-8-6-7-9-17(16)30-18)25-11-13-26(14-12-25)21(28)29-4-2/h6-9,15,19H,3-5,10-14H2,1-2H3. The maximum absolute atomic E-state index is 12.1. The summed E-state index contributed by atoms with van der Waals surface area (Å²) >= 11 is 0. The van der Waals surface area contributed by atoms with Crippen molar-refractivity contribution in [2.45, 2.75) is 39.3 Å². The number of benzene rings is 1. The van der Waals surface area contributed by atoms with Crippen LogP contribution in [0.3, 0.4) is 0 Å². The average molecular weight is 412 g/mol. The van der Waals surface area contributed by atoms with Gasteiger partial charge in [0, 0.05) is 38.1 Å². The molecule has 0 saturated carbocycles. The Morgan fingerprint density at radius 2 is 2.00 bits per heavy atom. The number of tetrazole rings is 1. The number of piperazine rings is 1. The predicted molar refractivity (Wildman–Crippen MR) is 111 cm³/mol. The molecular formula is C21H28N6O3. The van der Waals surface area contributed by atoms with Crippen LogP contribution in [-0.2, 0) is 11.3 Å². The Morgan fingerprint density at radius 3 is 2.73 bits per heavy atom. The first-order chi connectivity index (χ1) is 14.7. The number of furan rings is 1. The van der Waals surface area contributed by atoms with Crippen LogP contribution in [0.4, 0.5) is 4.79 Å². The second-order valence-corrected chi connectivity index (χ2v) is 7.42. The molecule has 0 aliphatic carbocycles. The van der Waals surface area contributed by atoms with E-state index in [1.54, 1.807) is 4.90 Å². The maximum Gasteiger partial charge on any atom is 0.409 e. The second kappa shape index (κ2) is 9.25. The molecule has 1 aliphatic rings. The molecule has 0 N–H and O–H groups in total. The number of rotatable bonds is 7. The fourth-order valence-corrected chi connectivity index (χ4v) is 3.86. The van der Waals surface area contributed by atoms with E-state index in [4.69, 9.17) is 9.15 Å². The van der Waals surface area contributed by atoms with Gasteiger partial charge in [-0.25, -0.2) is 9.48 Å². The summed E-state index contributed by atoms with van der Waals surface area (Å²) in [4.78, 5) is 16.1. The molecular weight excluding hydrogens is 384 g/mol. The Labute approximate surface area is 175 Å². The normalized spacial score (nSPS) is 16.1. The summed E-state index contributed by atoms with van der Waals surface area (Å²) in [5.41, 5.74) is 0.843. The quantitative estimate of drug-likeness (QED) is 0.589. The molecule has 0 bridgehead atoms. The largest absolute Gasteiger partial charge is 0.459 e. The van der Waals surface area contributed by atoms with Gasteiger partial charge in [-0.05, 0) is 35.9 Å². The molecule has 9 heteroatoms. The lowest BCUT2D eigenvalue weighted by atomic mass is 10.1. The molecule has 1 saturated heterocycles. The Bertz CT molecular complexity index is 943. The number of amides is 1. The van der Waals surface area contributed by atoms with E-state index < -0.39 is 0 Å². The van der Waals surface area contributed by atoms with Crippen LogP contribution < -0.4 is 0 Å². The first-order valence-electron chi connectivity index (χ1n) is 10.6. The number of hydrogen-bond donors (Lipinski definition) is 0. The minimum absolute atomic E-state index is 0.214. The zero-order valence-electron chi connectivity index (χ0n) is 17.5. The monoisotopic (exact) mass is 412 g/mol. The number of nitrogens with zero attached hydrogens (tertiary/aromatic N) is 6. The third kappa shape index (κ3) is 4.16. The molecule has 9 nitrogen and oxygen atoms in total. The predicted octanol–water partition coefficient (Wildman–Crippen LogP) is 3.08. The van der Waals surface area contributed by atoms with Crippen molar-refractivity contribution in [1.82, 2.24) is 30.0 Å². The van der Waals surface area contributed by atoms with Crippen LogP contribution in [-0.4, -0.2) is 68.9 Å². The topological polar surface area (TPSA) is 89.5 Å². The van der Waals surface area contributed by atoms with Crippen LogP contribution in [0, 0.1) is 0 Å². The number of aromatic nitrogens is 4. The Morgan fingerprint density at radius 1 is 1.20 bits per heavy atom. The van der Waals surface area contributed by atoms with Crippen molar-refractivity contribution in [3.05, 3.63) is 41.9 Å². The van der Waals surface area contributed by atoms with Gasteiger partial charge in [-0.1, -0.05) is 31.5 Å². The SMILES string of the molecule is CCCCn1nnnc1C(c1cc2ccccc2o1)N1CCN(C(=O)OCC)CC1. The van der Waals surface area contributed by atoms with Gasteiger partial charge >= 0.3 is 6.09 Å². The van der Waals surface area contributed by atoms with Gasteiger partial charge in [-0.2, -0.15) is 0 Å². The molecule has 1 atom stereocenters. The van der Waals surface area contributed by atoms with E-state index in [0.717, 1.165) is 41.9 Å². The number of aryl methyl sites for hydroxylation is 1. The van der Waals surface area contributed by atoms with Crippen LogP contribution in [0.2, 0.25) is 0 Å². The van der Waals surface area contributed by atoms with Gasteiger partial charge < -0.3 is 14.1 Å². The minimum atomic E-state index is -0.259. The lowest BCUT2D eigenvalue weighted by Gasteiger charge is -2.37. The van der Waals surface area contributed by atoms with E-state index in [0.29, 0.717) is 32.8 Å². The van der Waals surface area contributed by atoms with Gasteiger partial charge in [0.25, 0.3) is 0 Å². The Hall–Kier alpha value is -2.94. The highest BCUT2D eigenvalue weighted by Gasteiger charge is 2.34. The van der Waals surface area contributed by atoms with Gasteiger partial charge in [-0.3, -0.25) is 4.90 Å². The van der Waals surface area contributed by atoms with E-state index in [2.05, 4.69) is 33.4 Å². The summed E-state index contributed by atoms with van der Waals surface area (Å²) in [6, 6.07) is 9.82. The van der Waals surface area contributed by atoms with E-state index >= 15 is 0 Å². The summed E-state index contributed by atoms with van der Waals surface area (Å²) in [6.07, 6.45) is 1.80. The smallest absolute Gasteiger partial charge is 0.409 e.